The molecule has 8 heteroatoms. The van der Waals surface area contributed by atoms with Crippen molar-refractivity contribution in [1.82, 2.24) is 10.6 Å². The van der Waals surface area contributed by atoms with E-state index in [0.717, 1.165) is 0 Å². The van der Waals surface area contributed by atoms with E-state index in [-0.39, 0.29) is 17.5 Å². The van der Waals surface area contributed by atoms with Crippen molar-refractivity contribution in [2.75, 3.05) is 11.5 Å². The molecule has 1 saturated heterocycles. The number of sulfone groups is 1. The fraction of sp³-hybridized carbons (Fsp3) is 0.667. The van der Waals surface area contributed by atoms with Crippen molar-refractivity contribution in [3.63, 3.8) is 0 Å². The molecule has 1 aliphatic carbocycles. The predicted octanol–water partition coefficient (Wildman–Crippen LogP) is -0.108. The maximum Gasteiger partial charge on any atom is 0.315 e. The van der Waals surface area contributed by atoms with Crippen molar-refractivity contribution >= 4 is 21.8 Å². The van der Waals surface area contributed by atoms with Crippen LogP contribution < -0.4 is 10.6 Å². The van der Waals surface area contributed by atoms with Gasteiger partial charge >= 0.3 is 12.0 Å². The zero-order chi connectivity index (χ0) is 15.0. The smallest absolute Gasteiger partial charge is 0.315 e. The monoisotopic (exact) mass is 302 g/mol. The second-order valence-electron chi connectivity index (χ2n) is 5.67. The molecule has 0 radical (unpaired) electrons. The van der Waals surface area contributed by atoms with Crippen LogP contribution >= 0.6 is 0 Å². The molecule has 1 aliphatic heterocycles. The van der Waals surface area contributed by atoms with E-state index < -0.39 is 33.3 Å². The molecule has 0 aromatic heterocycles. The van der Waals surface area contributed by atoms with E-state index in [4.69, 9.17) is 5.11 Å². The van der Waals surface area contributed by atoms with Crippen LogP contribution in [0.25, 0.3) is 0 Å². The molecule has 1 heterocycles. The van der Waals surface area contributed by atoms with Crippen LogP contribution in [-0.2, 0) is 14.6 Å². The molecule has 20 heavy (non-hydrogen) atoms. The van der Waals surface area contributed by atoms with Gasteiger partial charge < -0.3 is 15.7 Å². The minimum absolute atomic E-state index is 0.0638. The van der Waals surface area contributed by atoms with E-state index in [9.17, 15) is 18.0 Å². The van der Waals surface area contributed by atoms with Crippen molar-refractivity contribution in [3.8, 4) is 0 Å². The van der Waals surface area contributed by atoms with Crippen molar-refractivity contribution in [2.45, 2.75) is 31.3 Å². The average Bonchev–Trinajstić information content (AvgIpc) is 2.83. The van der Waals surface area contributed by atoms with E-state index >= 15 is 0 Å². The van der Waals surface area contributed by atoms with E-state index in [2.05, 4.69) is 10.6 Å². The molecule has 0 saturated carbocycles. The van der Waals surface area contributed by atoms with Gasteiger partial charge in [-0.05, 0) is 19.8 Å². The number of urea groups is 1. The van der Waals surface area contributed by atoms with Gasteiger partial charge in [-0.2, -0.15) is 0 Å². The third-order valence-electron chi connectivity index (χ3n) is 3.64. The van der Waals surface area contributed by atoms with Crippen molar-refractivity contribution in [3.05, 3.63) is 12.2 Å². The average molecular weight is 302 g/mol. The van der Waals surface area contributed by atoms with Crippen molar-refractivity contribution < 1.29 is 23.1 Å². The number of amides is 2. The summed E-state index contributed by atoms with van der Waals surface area (Å²) in [4.78, 5) is 22.6. The number of nitrogens with one attached hydrogen (secondary N) is 2. The summed E-state index contributed by atoms with van der Waals surface area (Å²) in [7, 11) is -3.08. The molecule has 0 aromatic carbocycles. The number of carbonyl (C=O) groups excluding carboxylic acids is 1. The van der Waals surface area contributed by atoms with Crippen molar-refractivity contribution in [1.29, 1.82) is 0 Å². The maximum atomic E-state index is 11.8. The van der Waals surface area contributed by atoms with E-state index in [0.29, 0.717) is 12.8 Å². The highest BCUT2D eigenvalue weighted by atomic mass is 32.2. The molecule has 0 bridgehead atoms. The number of rotatable bonds is 3. The molecule has 3 unspecified atom stereocenters. The zero-order valence-electron chi connectivity index (χ0n) is 11.1. The first-order valence-electron chi connectivity index (χ1n) is 6.39. The predicted molar refractivity (Wildman–Crippen MR) is 72.0 cm³/mol. The maximum absolute atomic E-state index is 11.8. The Labute approximate surface area is 117 Å². The first-order valence-corrected chi connectivity index (χ1v) is 8.21. The molecular formula is C12H18N2O5S. The van der Waals surface area contributed by atoms with Crippen molar-refractivity contribution in [2.24, 2.45) is 5.92 Å². The first kappa shape index (κ1) is 14.8. The van der Waals surface area contributed by atoms with Gasteiger partial charge in [0, 0.05) is 0 Å². The van der Waals surface area contributed by atoms with Crippen LogP contribution in [0, 0.1) is 5.92 Å². The summed E-state index contributed by atoms with van der Waals surface area (Å²) in [6.45, 7) is 1.70. The van der Waals surface area contributed by atoms with Crippen LogP contribution in [0.5, 0.6) is 0 Å². The molecule has 0 spiro atoms. The minimum Gasteiger partial charge on any atom is -0.481 e. The van der Waals surface area contributed by atoms with Crippen LogP contribution in [0.3, 0.4) is 0 Å². The Morgan fingerprint density at radius 3 is 2.55 bits per heavy atom. The van der Waals surface area contributed by atoms with Gasteiger partial charge in [0.25, 0.3) is 0 Å². The molecule has 3 atom stereocenters. The molecule has 2 rings (SSSR count). The second kappa shape index (κ2) is 5.08. The summed E-state index contributed by atoms with van der Waals surface area (Å²) in [5.41, 5.74) is -0.753. The lowest BCUT2D eigenvalue weighted by molar-refractivity contribution is -0.140. The number of carboxylic acids is 1. The summed E-state index contributed by atoms with van der Waals surface area (Å²) in [6, 6.07) is -0.803. The number of carbonyl (C=O) groups is 2. The Hall–Kier alpha value is -1.57. The molecule has 0 aromatic rings. The Balaban J connectivity index is 1.85. The lowest BCUT2D eigenvalue weighted by Crippen LogP contribution is -2.52. The topological polar surface area (TPSA) is 113 Å². The number of hydrogen-bond acceptors (Lipinski definition) is 4. The summed E-state index contributed by atoms with van der Waals surface area (Å²) in [5.74, 6) is -1.48. The Bertz CT molecular complexity index is 556. The molecule has 2 amide bonds. The molecule has 2 aliphatic rings. The normalized spacial score (nSPS) is 34.9. The number of carboxylic acid groups (broad SMARTS) is 1. The van der Waals surface area contributed by atoms with Crippen LogP contribution in [0.2, 0.25) is 0 Å². The highest BCUT2D eigenvalue weighted by Crippen LogP contribution is 2.23. The van der Waals surface area contributed by atoms with Gasteiger partial charge in [-0.1, -0.05) is 12.2 Å². The fourth-order valence-electron chi connectivity index (χ4n) is 2.58. The van der Waals surface area contributed by atoms with Gasteiger partial charge in [0.2, 0.25) is 0 Å². The highest BCUT2D eigenvalue weighted by molar-refractivity contribution is 7.91. The largest absolute Gasteiger partial charge is 0.481 e. The Morgan fingerprint density at radius 2 is 2.05 bits per heavy atom. The van der Waals surface area contributed by atoms with Gasteiger partial charge in [0.15, 0.2) is 9.84 Å². The zero-order valence-corrected chi connectivity index (χ0v) is 11.9. The number of aliphatic carboxylic acids is 1. The second-order valence-corrected chi connectivity index (χ2v) is 7.86. The summed E-state index contributed by atoms with van der Waals surface area (Å²) < 4.78 is 22.9. The molecule has 112 valence electrons. The van der Waals surface area contributed by atoms with Crippen LogP contribution in [-0.4, -0.2) is 48.6 Å². The highest BCUT2D eigenvalue weighted by Gasteiger charge is 2.39. The van der Waals surface area contributed by atoms with E-state index in [1.54, 1.807) is 19.1 Å². The lowest BCUT2D eigenvalue weighted by atomic mass is 10.0. The molecule has 7 nitrogen and oxygen atoms in total. The van der Waals surface area contributed by atoms with Gasteiger partial charge in [-0.25, -0.2) is 13.2 Å². The van der Waals surface area contributed by atoms with Crippen LogP contribution in [0.4, 0.5) is 4.79 Å². The summed E-state index contributed by atoms with van der Waals surface area (Å²) in [6.07, 6.45) is 3.90. The number of hydrogen-bond donors (Lipinski definition) is 3. The molecule has 3 N–H and O–H groups in total. The van der Waals surface area contributed by atoms with Gasteiger partial charge in [0.1, 0.15) is 0 Å². The van der Waals surface area contributed by atoms with Crippen LogP contribution in [0.1, 0.15) is 19.8 Å². The minimum atomic E-state index is -3.08. The third-order valence-corrected chi connectivity index (χ3v) is 5.54. The van der Waals surface area contributed by atoms with E-state index in [1.165, 1.54) is 0 Å². The fourth-order valence-corrected chi connectivity index (χ4v) is 4.67. The van der Waals surface area contributed by atoms with Gasteiger partial charge in [-0.3, -0.25) is 4.79 Å². The Kier molecular flexibility index (Phi) is 3.77. The van der Waals surface area contributed by atoms with Gasteiger partial charge in [-0.15, -0.1) is 0 Å². The lowest BCUT2D eigenvalue weighted by Gasteiger charge is -2.25. The quantitative estimate of drug-likeness (QED) is 0.630. The SMILES string of the molecule is CC1(NC(=O)NC2C=CC(C(=O)O)C2)CCS(=O)(=O)C1. The summed E-state index contributed by atoms with van der Waals surface area (Å²) in [5, 5.41) is 14.2. The van der Waals surface area contributed by atoms with Crippen LogP contribution in [0.15, 0.2) is 12.2 Å². The van der Waals surface area contributed by atoms with E-state index in [1.807, 2.05) is 0 Å². The van der Waals surface area contributed by atoms with Gasteiger partial charge in [0.05, 0.1) is 29.0 Å². The molecule has 1 fully saturated rings. The Morgan fingerprint density at radius 1 is 1.35 bits per heavy atom. The molecular weight excluding hydrogens is 284 g/mol. The standard InChI is InChI=1S/C12H18N2O5S/c1-12(4-5-20(18,19)7-12)14-11(17)13-9-3-2-8(6-9)10(15)16/h2-3,8-9H,4-7H2,1H3,(H,15,16)(H2,13,14,17). The third kappa shape index (κ3) is 3.50. The summed E-state index contributed by atoms with van der Waals surface area (Å²) >= 11 is 0. The first-order chi connectivity index (χ1) is 9.19.